The van der Waals surface area contributed by atoms with Crippen LogP contribution >= 0.6 is 0 Å². The Kier molecular flexibility index (Phi) is 3.65. The predicted octanol–water partition coefficient (Wildman–Crippen LogP) is 2.32. The van der Waals surface area contributed by atoms with Crippen LogP contribution in [-0.4, -0.2) is 16.5 Å². The molecule has 0 fully saturated rings. The lowest BCUT2D eigenvalue weighted by Crippen LogP contribution is -2.25. The molecule has 1 aliphatic rings. The molecule has 0 atom stereocenters. The lowest BCUT2D eigenvalue weighted by atomic mass is 10.1. The summed E-state index contributed by atoms with van der Waals surface area (Å²) in [5, 5.41) is 3.32. The summed E-state index contributed by atoms with van der Waals surface area (Å²) in [5.41, 5.74) is 4.76. The van der Waals surface area contributed by atoms with Gasteiger partial charge in [-0.05, 0) is 37.1 Å². The van der Waals surface area contributed by atoms with Gasteiger partial charge < -0.3 is 10.1 Å². The quantitative estimate of drug-likeness (QED) is 0.929. The molecule has 2 heterocycles. The summed E-state index contributed by atoms with van der Waals surface area (Å²) in [6, 6.07) is 6.21. The van der Waals surface area contributed by atoms with Crippen molar-refractivity contribution in [2.45, 2.75) is 33.4 Å². The Morgan fingerprint density at radius 3 is 2.80 bits per heavy atom. The smallest absolute Gasteiger partial charge is 0.166 e. The van der Waals surface area contributed by atoms with E-state index in [4.69, 9.17) is 4.74 Å². The molecule has 0 aliphatic carbocycles. The molecule has 1 N–H and O–H groups in total. The number of nitrogens with zero attached hydrogens (tertiary/aromatic N) is 2. The molecule has 104 valence electrons. The molecule has 0 amide bonds. The minimum Gasteiger partial charge on any atom is -0.486 e. The van der Waals surface area contributed by atoms with Crippen molar-refractivity contribution in [3.8, 4) is 5.75 Å². The Morgan fingerprint density at radius 1 is 1.20 bits per heavy atom. The van der Waals surface area contributed by atoms with Crippen LogP contribution in [0.15, 0.2) is 24.4 Å². The third-order valence-corrected chi connectivity index (χ3v) is 3.42. The number of ether oxygens (including phenoxy) is 1. The van der Waals surface area contributed by atoms with E-state index in [1.165, 1.54) is 16.7 Å². The molecule has 0 spiro atoms. The van der Waals surface area contributed by atoms with Crippen molar-refractivity contribution in [1.82, 2.24) is 15.3 Å². The molecule has 0 radical (unpaired) electrons. The largest absolute Gasteiger partial charge is 0.486 e. The molecule has 4 nitrogen and oxygen atoms in total. The Bertz CT molecular complexity index is 605. The highest BCUT2D eigenvalue weighted by molar-refractivity contribution is 5.33. The summed E-state index contributed by atoms with van der Waals surface area (Å²) in [5.74, 6) is 1.63. The number of hydrogen-bond acceptors (Lipinski definition) is 4. The van der Waals surface area contributed by atoms with Crippen LogP contribution in [0.4, 0.5) is 0 Å². The van der Waals surface area contributed by atoms with Crippen LogP contribution in [0.1, 0.15) is 28.2 Å². The first-order valence-electron chi connectivity index (χ1n) is 6.96. The number of nitrogens with one attached hydrogen (secondary N) is 1. The summed E-state index contributed by atoms with van der Waals surface area (Å²) in [4.78, 5) is 8.97. The second kappa shape index (κ2) is 5.59. The fraction of sp³-hybridized carbons (Fsp3) is 0.375. The lowest BCUT2D eigenvalue weighted by molar-refractivity contribution is 0.294. The summed E-state index contributed by atoms with van der Waals surface area (Å²) in [7, 11) is 0. The minimum absolute atomic E-state index is 0.420. The van der Waals surface area contributed by atoms with E-state index in [0.717, 1.165) is 36.8 Å². The van der Waals surface area contributed by atoms with Crippen molar-refractivity contribution >= 4 is 0 Å². The van der Waals surface area contributed by atoms with E-state index in [1.807, 2.05) is 18.3 Å². The van der Waals surface area contributed by atoms with Crippen LogP contribution in [0.2, 0.25) is 0 Å². The molecule has 1 aromatic heterocycles. The van der Waals surface area contributed by atoms with E-state index in [9.17, 15) is 0 Å². The number of fused-ring (bicyclic) bond motifs is 1. The second-order valence-electron chi connectivity index (χ2n) is 5.30. The van der Waals surface area contributed by atoms with Crippen molar-refractivity contribution < 1.29 is 4.74 Å². The molecule has 1 aromatic carbocycles. The Balaban J connectivity index is 1.71. The fourth-order valence-corrected chi connectivity index (χ4v) is 2.51. The molecule has 4 heteroatoms. The summed E-state index contributed by atoms with van der Waals surface area (Å²) < 4.78 is 5.80. The van der Waals surface area contributed by atoms with Gasteiger partial charge in [-0.3, -0.25) is 0 Å². The first-order valence-corrected chi connectivity index (χ1v) is 6.96. The van der Waals surface area contributed by atoms with Crippen molar-refractivity contribution in [1.29, 1.82) is 0 Å². The third kappa shape index (κ3) is 2.96. The highest BCUT2D eigenvalue weighted by Gasteiger charge is 2.11. The van der Waals surface area contributed by atoms with E-state index in [-0.39, 0.29) is 0 Å². The van der Waals surface area contributed by atoms with Crippen molar-refractivity contribution in [2.75, 3.05) is 6.54 Å². The number of aryl methyl sites for hydroxylation is 2. The standard InChI is InChI=1S/C16H19N3O/c1-11-5-12(2)7-14(6-11)20-10-16-18-9-13-8-17-4-3-15(13)19-16/h5-7,9,17H,3-4,8,10H2,1-2H3. The average molecular weight is 269 g/mol. The Labute approximate surface area is 119 Å². The van der Waals surface area contributed by atoms with Crippen LogP contribution in [-0.2, 0) is 19.6 Å². The van der Waals surface area contributed by atoms with Crippen molar-refractivity contribution in [2.24, 2.45) is 0 Å². The Hall–Kier alpha value is -1.94. The maximum absolute atomic E-state index is 5.80. The van der Waals surface area contributed by atoms with Gasteiger partial charge in [0.05, 0.1) is 0 Å². The van der Waals surface area contributed by atoms with Gasteiger partial charge in [-0.15, -0.1) is 0 Å². The molecule has 20 heavy (non-hydrogen) atoms. The van der Waals surface area contributed by atoms with Crippen LogP contribution in [0, 0.1) is 13.8 Å². The molecular formula is C16H19N3O. The fourth-order valence-electron chi connectivity index (χ4n) is 2.51. The van der Waals surface area contributed by atoms with E-state index in [1.54, 1.807) is 0 Å². The van der Waals surface area contributed by atoms with E-state index in [0.29, 0.717) is 6.61 Å². The van der Waals surface area contributed by atoms with Gasteiger partial charge in [0.25, 0.3) is 0 Å². The highest BCUT2D eigenvalue weighted by atomic mass is 16.5. The molecule has 2 aromatic rings. The summed E-state index contributed by atoms with van der Waals surface area (Å²) >= 11 is 0. The van der Waals surface area contributed by atoms with Crippen molar-refractivity contribution in [3.63, 3.8) is 0 Å². The summed E-state index contributed by atoms with van der Waals surface area (Å²) in [6.07, 6.45) is 2.88. The molecule has 0 unspecified atom stereocenters. The van der Waals surface area contributed by atoms with Gasteiger partial charge in [0.1, 0.15) is 12.4 Å². The zero-order valence-corrected chi connectivity index (χ0v) is 11.9. The maximum Gasteiger partial charge on any atom is 0.166 e. The summed E-state index contributed by atoms with van der Waals surface area (Å²) in [6.45, 7) is 6.42. The number of rotatable bonds is 3. The normalized spacial score (nSPS) is 13.9. The van der Waals surface area contributed by atoms with Gasteiger partial charge in [0, 0.05) is 37.0 Å². The van der Waals surface area contributed by atoms with E-state index < -0.39 is 0 Å². The Morgan fingerprint density at radius 2 is 2.00 bits per heavy atom. The molecule has 3 rings (SSSR count). The average Bonchev–Trinajstić information content (AvgIpc) is 2.44. The molecular weight excluding hydrogens is 250 g/mol. The van der Waals surface area contributed by atoms with Gasteiger partial charge in [-0.2, -0.15) is 0 Å². The monoisotopic (exact) mass is 269 g/mol. The van der Waals surface area contributed by atoms with Crippen molar-refractivity contribution in [3.05, 3.63) is 52.6 Å². The molecule has 0 saturated heterocycles. The van der Waals surface area contributed by atoms with Crippen LogP contribution < -0.4 is 10.1 Å². The molecule has 0 saturated carbocycles. The highest BCUT2D eigenvalue weighted by Crippen LogP contribution is 2.17. The van der Waals surface area contributed by atoms with Gasteiger partial charge in [0.15, 0.2) is 5.82 Å². The van der Waals surface area contributed by atoms with Crippen LogP contribution in [0.3, 0.4) is 0 Å². The van der Waals surface area contributed by atoms with Gasteiger partial charge in [0.2, 0.25) is 0 Å². The van der Waals surface area contributed by atoms with Crippen LogP contribution in [0.25, 0.3) is 0 Å². The molecule has 1 aliphatic heterocycles. The number of benzene rings is 1. The van der Waals surface area contributed by atoms with Gasteiger partial charge >= 0.3 is 0 Å². The third-order valence-electron chi connectivity index (χ3n) is 3.42. The van der Waals surface area contributed by atoms with Gasteiger partial charge in [-0.1, -0.05) is 6.07 Å². The van der Waals surface area contributed by atoms with Gasteiger partial charge in [-0.25, -0.2) is 9.97 Å². The number of hydrogen-bond donors (Lipinski definition) is 1. The van der Waals surface area contributed by atoms with E-state index in [2.05, 4.69) is 35.2 Å². The predicted molar refractivity (Wildman–Crippen MR) is 77.7 cm³/mol. The topological polar surface area (TPSA) is 47.0 Å². The second-order valence-corrected chi connectivity index (χ2v) is 5.30. The lowest BCUT2D eigenvalue weighted by Gasteiger charge is -2.16. The van der Waals surface area contributed by atoms with E-state index >= 15 is 0 Å². The first-order chi connectivity index (χ1) is 9.70. The molecule has 0 bridgehead atoms. The minimum atomic E-state index is 0.420. The zero-order valence-electron chi connectivity index (χ0n) is 11.9. The SMILES string of the molecule is Cc1cc(C)cc(OCc2ncc3c(n2)CCNC3)c1. The zero-order chi connectivity index (χ0) is 13.9. The first kappa shape index (κ1) is 13.1. The maximum atomic E-state index is 5.80. The number of aromatic nitrogens is 2. The van der Waals surface area contributed by atoms with Crippen LogP contribution in [0.5, 0.6) is 5.75 Å².